The van der Waals surface area contributed by atoms with Crippen LogP contribution < -0.4 is 5.73 Å². The van der Waals surface area contributed by atoms with Crippen molar-refractivity contribution in [3.63, 3.8) is 0 Å². The normalized spacial score (nSPS) is 27.3. The summed E-state index contributed by atoms with van der Waals surface area (Å²) in [5, 5.41) is 2.24. The number of thiophene rings is 1. The second-order valence-corrected chi connectivity index (χ2v) is 7.92. The first kappa shape index (κ1) is 15.5. The zero-order chi connectivity index (χ0) is 14.8. The summed E-state index contributed by atoms with van der Waals surface area (Å²) in [6, 6.07) is 3.76. The summed E-state index contributed by atoms with van der Waals surface area (Å²) in [5.41, 5.74) is 8.02. The van der Waals surface area contributed by atoms with Gasteiger partial charge in [0.15, 0.2) is 0 Å². The van der Waals surface area contributed by atoms with Crippen LogP contribution in [-0.2, 0) is 0 Å². The number of nitrogens with two attached hydrogens (primary N) is 1. The quantitative estimate of drug-likeness (QED) is 0.868. The molecule has 2 heterocycles. The van der Waals surface area contributed by atoms with E-state index in [4.69, 9.17) is 5.73 Å². The number of nitrogens with zero attached hydrogens (tertiary/aromatic N) is 1. The molecule has 3 unspecified atom stereocenters. The minimum absolute atomic E-state index is 0.268. The lowest BCUT2D eigenvalue weighted by Crippen LogP contribution is -2.45. The summed E-state index contributed by atoms with van der Waals surface area (Å²) < 4.78 is 0. The van der Waals surface area contributed by atoms with Gasteiger partial charge in [0, 0.05) is 17.0 Å². The number of hydrogen-bond donors (Lipinski definition) is 1. The molecule has 0 spiro atoms. The SMILES string of the molecule is CCC(N)C(c1sccc1C)N1CCCC1C1CCCC1. The van der Waals surface area contributed by atoms with E-state index in [1.165, 1.54) is 55.5 Å². The second-order valence-electron chi connectivity index (χ2n) is 6.98. The molecule has 1 aromatic rings. The highest BCUT2D eigenvalue weighted by molar-refractivity contribution is 7.10. The van der Waals surface area contributed by atoms with Crippen molar-refractivity contribution < 1.29 is 0 Å². The van der Waals surface area contributed by atoms with Crippen LogP contribution in [0.15, 0.2) is 11.4 Å². The van der Waals surface area contributed by atoms with Crippen molar-refractivity contribution in [3.05, 3.63) is 21.9 Å². The van der Waals surface area contributed by atoms with Gasteiger partial charge in [0.1, 0.15) is 0 Å². The molecule has 1 aliphatic heterocycles. The monoisotopic (exact) mass is 306 g/mol. The van der Waals surface area contributed by atoms with Gasteiger partial charge in [-0.2, -0.15) is 0 Å². The summed E-state index contributed by atoms with van der Waals surface area (Å²) in [6.45, 7) is 5.74. The fraction of sp³-hybridized carbons (Fsp3) is 0.778. The first-order valence-corrected chi connectivity index (χ1v) is 9.65. The van der Waals surface area contributed by atoms with Crippen LogP contribution in [0.1, 0.15) is 68.4 Å². The molecule has 2 aliphatic rings. The van der Waals surface area contributed by atoms with Gasteiger partial charge in [0.05, 0.1) is 6.04 Å². The number of rotatable bonds is 5. The highest BCUT2D eigenvalue weighted by atomic mass is 32.1. The van der Waals surface area contributed by atoms with Gasteiger partial charge in [-0.15, -0.1) is 11.3 Å². The Hall–Kier alpha value is -0.380. The van der Waals surface area contributed by atoms with E-state index >= 15 is 0 Å². The predicted octanol–water partition coefficient (Wildman–Crippen LogP) is 4.49. The van der Waals surface area contributed by atoms with Gasteiger partial charge >= 0.3 is 0 Å². The lowest BCUT2D eigenvalue weighted by atomic mass is 9.92. The average Bonchev–Trinajstić information content (AvgIpc) is 3.20. The van der Waals surface area contributed by atoms with Gasteiger partial charge < -0.3 is 5.73 Å². The van der Waals surface area contributed by atoms with Crippen molar-refractivity contribution in [2.45, 2.75) is 76.9 Å². The van der Waals surface area contributed by atoms with E-state index in [0.717, 1.165) is 18.4 Å². The van der Waals surface area contributed by atoms with Crippen LogP contribution >= 0.6 is 11.3 Å². The van der Waals surface area contributed by atoms with Crippen molar-refractivity contribution in [1.82, 2.24) is 4.90 Å². The van der Waals surface area contributed by atoms with Crippen LogP contribution in [0.4, 0.5) is 0 Å². The van der Waals surface area contributed by atoms with Gasteiger partial charge in [0.2, 0.25) is 0 Å². The Morgan fingerprint density at radius 1 is 1.29 bits per heavy atom. The molecule has 118 valence electrons. The molecular weight excluding hydrogens is 276 g/mol. The summed E-state index contributed by atoms with van der Waals surface area (Å²) in [7, 11) is 0. The van der Waals surface area contributed by atoms with Crippen molar-refractivity contribution in [3.8, 4) is 0 Å². The summed E-state index contributed by atoms with van der Waals surface area (Å²) in [4.78, 5) is 4.32. The maximum Gasteiger partial charge on any atom is 0.0598 e. The van der Waals surface area contributed by atoms with E-state index in [0.29, 0.717) is 6.04 Å². The molecule has 0 radical (unpaired) electrons. The lowest BCUT2D eigenvalue weighted by Gasteiger charge is -2.39. The first-order chi connectivity index (χ1) is 10.2. The Labute approximate surface area is 133 Å². The molecule has 1 saturated heterocycles. The van der Waals surface area contributed by atoms with Crippen LogP contribution in [0.5, 0.6) is 0 Å². The van der Waals surface area contributed by atoms with E-state index in [2.05, 4.69) is 30.2 Å². The average molecular weight is 307 g/mol. The maximum atomic E-state index is 6.58. The summed E-state index contributed by atoms with van der Waals surface area (Å²) in [6.07, 6.45) is 9.59. The Balaban J connectivity index is 1.86. The predicted molar refractivity (Wildman–Crippen MR) is 91.7 cm³/mol. The molecule has 2 N–H and O–H groups in total. The molecule has 21 heavy (non-hydrogen) atoms. The minimum Gasteiger partial charge on any atom is -0.326 e. The molecule has 2 nitrogen and oxygen atoms in total. The van der Waals surface area contributed by atoms with Gasteiger partial charge in [0.25, 0.3) is 0 Å². The molecule has 1 saturated carbocycles. The van der Waals surface area contributed by atoms with E-state index in [1.807, 2.05) is 11.3 Å². The van der Waals surface area contributed by atoms with E-state index in [1.54, 1.807) is 0 Å². The largest absolute Gasteiger partial charge is 0.326 e. The molecule has 3 heteroatoms. The molecule has 3 rings (SSSR count). The zero-order valence-electron chi connectivity index (χ0n) is 13.6. The van der Waals surface area contributed by atoms with Crippen LogP contribution in [0.3, 0.4) is 0 Å². The fourth-order valence-electron chi connectivity index (χ4n) is 4.51. The molecule has 1 aromatic heterocycles. The Kier molecular flexibility index (Phi) is 5.03. The topological polar surface area (TPSA) is 29.3 Å². The van der Waals surface area contributed by atoms with Gasteiger partial charge in [-0.25, -0.2) is 0 Å². The van der Waals surface area contributed by atoms with Crippen molar-refractivity contribution >= 4 is 11.3 Å². The second kappa shape index (κ2) is 6.80. The smallest absolute Gasteiger partial charge is 0.0598 e. The third-order valence-corrected chi connectivity index (χ3v) is 6.78. The summed E-state index contributed by atoms with van der Waals surface area (Å²) in [5.74, 6) is 0.930. The van der Waals surface area contributed by atoms with Crippen molar-refractivity contribution in [1.29, 1.82) is 0 Å². The molecule has 0 amide bonds. The third-order valence-electron chi connectivity index (χ3n) is 5.69. The Morgan fingerprint density at radius 2 is 2.05 bits per heavy atom. The third kappa shape index (κ3) is 3.06. The molecule has 0 aromatic carbocycles. The minimum atomic E-state index is 0.268. The standard InChI is InChI=1S/C18H30N2S/c1-3-15(19)17(18-13(2)10-12-21-18)20-11-6-9-16(20)14-7-4-5-8-14/h10,12,14-17H,3-9,11,19H2,1-2H3. The molecule has 0 bridgehead atoms. The zero-order valence-corrected chi connectivity index (χ0v) is 14.4. The Morgan fingerprint density at radius 3 is 2.67 bits per heavy atom. The van der Waals surface area contributed by atoms with Gasteiger partial charge in [-0.3, -0.25) is 4.90 Å². The number of aryl methyl sites for hydroxylation is 1. The van der Waals surface area contributed by atoms with E-state index in [9.17, 15) is 0 Å². The lowest BCUT2D eigenvalue weighted by molar-refractivity contribution is 0.117. The first-order valence-electron chi connectivity index (χ1n) is 8.77. The summed E-state index contributed by atoms with van der Waals surface area (Å²) >= 11 is 1.91. The van der Waals surface area contributed by atoms with Crippen LogP contribution in [0, 0.1) is 12.8 Å². The highest BCUT2D eigenvalue weighted by Gasteiger charge is 2.39. The molecule has 3 atom stereocenters. The molecule has 2 fully saturated rings. The number of likely N-dealkylation sites (tertiary alicyclic amines) is 1. The fourth-order valence-corrected chi connectivity index (χ4v) is 5.63. The van der Waals surface area contributed by atoms with Gasteiger partial charge in [-0.05, 0) is 68.5 Å². The number of hydrogen-bond acceptors (Lipinski definition) is 3. The van der Waals surface area contributed by atoms with Crippen LogP contribution in [0.2, 0.25) is 0 Å². The Bertz CT molecular complexity index is 450. The van der Waals surface area contributed by atoms with E-state index in [-0.39, 0.29) is 6.04 Å². The molecular formula is C18H30N2S. The van der Waals surface area contributed by atoms with E-state index < -0.39 is 0 Å². The highest BCUT2D eigenvalue weighted by Crippen LogP contribution is 2.42. The van der Waals surface area contributed by atoms with Crippen LogP contribution in [0.25, 0.3) is 0 Å². The van der Waals surface area contributed by atoms with Crippen molar-refractivity contribution in [2.75, 3.05) is 6.54 Å². The van der Waals surface area contributed by atoms with Crippen molar-refractivity contribution in [2.24, 2.45) is 11.7 Å². The molecule has 1 aliphatic carbocycles. The van der Waals surface area contributed by atoms with Gasteiger partial charge in [-0.1, -0.05) is 19.8 Å². The maximum absolute atomic E-state index is 6.58. The van der Waals surface area contributed by atoms with Crippen LogP contribution in [-0.4, -0.2) is 23.5 Å².